The first-order valence-electron chi connectivity index (χ1n) is 14.0. The highest BCUT2D eigenvalue weighted by Crippen LogP contribution is 2.53. The number of hydrogen-bond acceptors (Lipinski definition) is 1. The zero-order chi connectivity index (χ0) is 26.4. The molecule has 0 amide bonds. The van der Waals surface area contributed by atoms with E-state index in [-0.39, 0.29) is 6.04 Å². The Morgan fingerprint density at radius 1 is 0.513 bits per heavy atom. The standard InChI is InChI=1S/C36H35NP2/c37-36(33-25-15-27-35(33)39(30-20-9-3-10-21-30)31-22-11-4-12-23-31)32-24-13-14-26-34(32)38(28-16-5-1-6-17-28)29-18-7-2-8-19-29/h1-14,16-24,26,33,35-36H,15,25,27,37H2. The van der Waals surface area contributed by atoms with Crippen molar-refractivity contribution in [3.63, 3.8) is 0 Å². The van der Waals surface area contributed by atoms with Crippen LogP contribution >= 0.6 is 15.8 Å². The summed E-state index contributed by atoms with van der Waals surface area (Å²) in [5, 5.41) is 7.07. The molecule has 3 unspecified atom stereocenters. The van der Waals surface area contributed by atoms with Crippen LogP contribution in [0.25, 0.3) is 0 Å². The Hall–Kier alpha value is -3.08. The van der Waals surface area contributed by atoms with Crippen molar-refractivity contribution < 1.29 is 0 Å². The Bertz CT molecular complexity index is 1380. The topological polar surface area (TPSA) is 26.0 Å². The Morgan fingerprint density at radius 3 is 1.46 bits per heavy atom. The van der Waals surface area contributed by atoms with Gasteiger partial charge in [0.2, 0.25) is 0 Å². The van der Waals surface area contributed by atoms with Crippen molar-refractivity contribution in [3.05, 3.63) is 151 Å². The maximum Gasteiger partial charge on any atom is 0.0336 e. The lowest BCUT2D eigenvalue weighted by atomic mass is 9.92. The summed E-state index contributed by atoms with van der Waals surface area (Å²) in [6, 6.07) is 53.4. The molecule has 1 aliphatic carbocycles. The lowest BCUT2D eigenvalue weighted by Gasteiger charge is -2.35. The normalized spacial score (nSPS) is 17.9. The van der Waals surface area contributed by atoms with E-state index in [1.54, 1.807) is 0 Å². The van der Waals surface area contributed by atoms with Gasteiger partial charge < -0.3 is 5.73 Å². The van der Waals surface area contributed by atoms with Gasteiger partial charge in [0.1, 0.15) is 0 Å². The largest absolute Gasteiger partial charge is 0.324 e. The molecule has 0 bridgehead atoms. The molecule has 0 heterocycles. The lowest BCUT2D eigenvalue weighted by molar-refractivity contribution is 0.453. The molecule has 5 aromatic rings. The molecule has 0 aromatic heterocycles. The van der Waals surface area contributed by atoms with Crippen LogP contribution in [-0.4, -0.2) is 5.66 Å². The number of benzene rings is 5. The number of rotatable bonds is 8. The lowest BCUT2D eigenvalue weighted by Crippen LogP contribution is -2.35. The molecular weight excluding hydrogens is 508 g/mol. The first kappa shape index (κ1) is 26.2. The molecule has 0 spiro atoms. The van der Waals surface area contributed by atoms with Gasteiger partial charge in [-0.3, -0.25) is 0 Å². The fourth-order valence-electron chi connectivity index (χ4n) is 6.20. The van der Waals surface area contributed by atoms with E-state index in [1.165, 1.54) is 51.3 Å². The monoisotopic (exact) mass is 543 g/mol. The van der Waals surface area contributed by atoms with Gasteiger partial charge in [-0.05, 0) is 72.3 Å². The van der Waals surface area contributed by atoms with E-state index < -0.39 is 15.8 Å². The maximum atomic E-state index is 7.40. The predicted molar refractivity (Wildman–Crippen MR) is 172 cm³/mol. The quantitative estimate of drug-likeness (QED) is 0.216. The van der Waals surface area contributed by atoms with Gasteiger partial charge >= 0.3 is 0 Å². The summed E-state index contributed by atoms with van der Waals surface area (Å²) in [7, 11) is -1.21. The second-order valence-electron chi connectivity index (χ2n) is 10.3. The van der Waals surface area contributed by atoms with Crippen LogP contribution in [0.1, 0.15) is 30.9 Å². The second kappa shape index (κ2) is 12.4. The fraction of sp³-hybridized carbons (Fsp3) is 0.167. The molecule has 39 heavy (non-hydrogen) atoms. The first-order valence-corrected chi connectivity index (χ1v) is 16.7. The maximum absolute atomic E-state index is 7.40. The molecule has 6 rings (SSSR count). The summed E-state index contributed by atoms with van der Waals surface area (Å²) < 4.78 is 0. The van der Waals surface area contributed by atoms with Crippen molar-refractivity contribution in [2.75, 3.05) is 0 Å². The minimum atomic E-state index is -0.706. The third kappa shape index (κ3) is 5.64. The molecule has 1 fully saturated rings. The zero-order valence-corrected chi connectivity index (χ0v) is 24.0. The average Bonchev–Trinajstić information content (AvgIpc) is 3.49. The van der Waals surface area contributed by atoms with Gasteiger partial charge in [0.15, 0.2) is 0 Å². The fourth-order valence-corrected chi connectivity index (χ4v) is 11.9. The van der Waals surface area contributed by atoms with Crippen LogP contribution in [0, 0.1) is 5.92 Å². The van der Waals surface area contributed by atoms with E-state index in [2.05, 4.69) is 146 Å². The van der Waals surface area contributed by atoms with Gasteiger partial charge in [0, 0.05) is 6.04 Å². The molecule has 0 saturated heterocycles. The SMILES string of the molecule is NC(c1ccccc1P(c1ccccc1)c1ccccc1)C1CCCC1P(c1ccccc1)c1ccccc1. The van der Waals surface area contributed by atoms with E-state index in [4.69, 9.17) is 5.73 Å². The van der Waals surface area contributed by atoms with E-state index >= 15 is 0 Å². The Labute approximate surface area is 235 Å². The van der Waals surface area contributed by atoms with E-state index in [0.29, 0.717) is 11.6 Å². The highest BCUT2D eigenvalue weighted by Gasteiger charge is 2.39. The highest BCUT2D eigenvalue weighted by atomic mass is 31.1. The summed E-state index contributed by atoms with van der Waals surface area (Å²) in [5.41, 5.74) is 9.29. The van der Waals surface area contributed by atoms with Crippen molar-refractivity contribution in [3.8, 4) is 0 Å². The molecule has 0 aliphatic heterocycles. The van der Waals surface area contributed by atoms with Gasteiger partial charge in [-0.25, -0.2) is 0 Å². The molecule has 194 valence electrons. The van der Waals surface area contributed by atoms with Crippen molar-refractivity contribution in [2.24, 2.45) is 11.7 Å². The third-order valence-corrected chi connectivity index (χ3v) is 13.5. The Balaban J connectivity index is 1.41. The minimum Gasteiger partial charge on any atom is -0.324 e. The van der Waals surface area contributed by atoms with Gasteiger partial charge in [0.05, 0.1) is 0 Å². The molecule has 2 N–H and O–H groups in total. The summed E-state index contributed by atoms with van der Waals surface area (Å²) in [4.78, 5) is 0. The summed E-state index contributed by atoms with van der Waals surface area (Å²) in [5.74, 6) is 0.445. The number of hydrogen-bond donors (Lipinski definition) is 1. The Morgan fingerprint density at radius 2 is 0.949 bits per heavy atom. The molecule has 3 atom stereocenters. The number of nitrogens with two attached hydrogens (primary N) is 1. The summed E-state index contributed by atoms with van der Waals surface area (Å²) >= 11 is 0. The summed E-state index contributed by atoms with van der Waals surface area (Å²) in [6.07, 6.45) is 3.67. The van der Waals surface area contributed by atoms with Crippen molar-refractivity contribution in [2.45, 2.75) is 31.0 Å². The van der Waals surface area contributed by atoms with E-state index in [9.17, 15) is 0 Å². The van der Waals surface area contributed by atoms with E-state index in [0.717, 1.165) is 0 Å². The van der Waals surface area contributed by atoms with Gasteiger partial charge in [-0.1, -0.05) is 152 Å². The molecule has 3 heteroatoms. The molecule has 5 aromatic carbocycles. The predicted octanol–water partition coefficient (Wildman–Crippen LogP) is 6.75. The van der Waals surface area contributed by atoms with Crippen LogP contribution < -0.4 is 32.3 Å². The highest BCUT2D eigenvalue weighted by molar-refractivity contribution is 7.80. The first-order chi connectivity index (χ1) is 19.3. The van der Waals surface area contributed by atoms with Crippen LogP contribution in [-0.2, 0) is 0 Å². The van der Waals surface area contributed by atoms with Crippen molar-refractivity contribution in [1.29, 1.82) is 0 Å². The second-order valence-corrected chi connectivity index (χ2v) is 14.9. The van der Waals surface area contributed by atoms with Crippen molar-refractivity contribution in [1.82, 2.24) is 0 Å². The van der Waals surface area contributed by atoms with Crippen LogP contribution in [0.3, 0.4) is 0 Å². The zero-order valence-electron chi connectivity index (χ0n) is 22.2. The molecule has 1 aliphatic rings. The van der Waals surface area contributed by atoms with E-state index in [1.807, 2.05) is 0 Å². The third-order valence-electron chi connectivity index (χ3n) is 7.96. The average molecular weight is 544 g/mol. The van der Waals surface area contributed by atoms with Crippen LogP contribution in [0.2, 0.25) is 0 Å². The molecular formula is C36H35NP2. The van der Waals surface area contributed by atoms with Crippen molar-refractivity contribution >= 4 is 42.4 Å². The van der Waals surface area contributed by atoms with Crippen LogP contribution in [0.15, 0.2) is 146 Å². The molecule has 1 nitrogen and oxygen atoms in total. The van der Waals surface area contributed by atoms with Gasteiger partial charge in [-0.2, -0.15) is 0 Å². The summed E-state index contributed by atoms with van der Waals surface area (Å²) in [6.45, 7) is 0. The molecule has 0 radical (unpaired) electrons. The molecule has 1 saturated carbocycles. The van der Waals surface area contributed by atoms with Crippen LogP contribution in [0.4, 0.5) is 0 Å². The van der Waals surface area contributed by atoms with Crippen LogP contribution in [0.5, 0.6) is 0 Å². The minimum absolute atomic E-state index is 0.00329. The Kier molecular flexibility index (Phi) is 8.32. The smallest absolute Gasteiger partial charge is 0.0336 e. The van der Waals surface area contributed by atoms with Gasteiger partial charge in [-0.15, -0.1) is 0 Å². The van der Waals surface area contributed by atoms with Gasteiger partial charge in [0.25, 0.3) is 0 Å².